The first-order valence-electron chi connectivity index (χ1n) is 11.7. The van der Waals surface area contributed by atoms with Crippen molar-refractivity contribution in [1.29, 1.82) is 0 Å². The Bertz CT molecular complexity index is 1040. The van der Waals surface area contributed by atoms with Gasteiger partial charge in [-0.2, -0.15) is 0 Å². The molecule has 2 saturated heterocycles. The van der Waals surface area contributed by atoms with Gasteiger partial charge >= 0.3 is 19.2 Å². The van der Waals surface area contributed by atoms with E-state index in [0.717, 1.165) is 17.7 Å². The summed E-state index contributed by atoms with van der Waals surface area (Å²) in [7, 11) is -1.53. The number of benzene rings is 2. The zero-order chi connectivity index (χ0) is 23.7. The molecule has 0 aliphatic carbocycles. The number of morpholine rings is 1. The fourth-order valence-corrected chi connectivity index (χ4v) is 4.80. The number of ether oxygens (including phenoxy) is 1. The summed E-state index contributed by atoms with van der Waals surface area (Å²) in [5.41, 5.74) is 3.46. The molecule has 2 N–H and O–H groups in total. The van der Waals surface area contributed by atoms with Crippen molar-refractivity contribution in [2.75, 3.05) is 50.8 Å². The van der Waals surface area contributed by atoms with E-state index in [2.05, 4.69) is 6.07 Å². The molecule has 3 heterocycles. The number of carbonyl (C=O) groups excluding carboxylic acids is 2. The van der Waals surface area contributed by atoms with Gasteiger partial charge < -0.3 is 29.5 Å². The summed E-state index contributed by atoms with van der Waals surface area (Å²) in [5.74, 6) is 0. The zero-order valence-corrected chi connectivity index (χ0v) is 19.0. The van der Waals surface area contributed by atoms with Crippen LogP contribution in [-0.2, 0) is 17.7 Å². The van der Waals surface area contributed by atoms with Crippen LogP contribution in [0.1, 0.15) is 11.1 Å². The summed E-state index contributed by atoms with van der Waals surface area (Å²) in [6, 6.07) is 14.7. The first-order valence-corrected chi connectivity index (χ1v) is 11.7. The SMILES string of the molecule is O=C(N1CC(N(Cc2ccc(B(O)O)cc2)C(=O)N2CCOCC2)C1)N1CCc2ccccc21. The Labute approximate surface area is 199 Å². The van der Waals surface area contributed by atoms with Gasteiger partial charge in [-0.3, -0.25) is 4.90 Å². The summed E-state index contributed by atoms with van der Waals surface area (Å²) in [6.07, 6.45) is 0.860. The summed E-state index contributed by atoms with van der Waals surface area (Å²) in [6.45, 7) is 4.17. The number of carbonyl (C=O) groups is 2. The Balaban J connectivity index is 1.28. The third kappa shape index (κ3) is 4.48. The van der Waals surface area contributed by atoms with Crippen molar-refractivity contribution in [3.63, 3.8) is 0 Å². The molecule has 3 aliphatic rings. The van der Waals surface area contributed by atoms with Gasteiger partial charge in [-0.15, -0.1) is 0 Å². The minimum Gasteiger partial charge on any atom is -0.423 e. The van der Waals surface area contributed by atoms with E-state index in [-0.39, 0.29) is 18.1 Å². The Morgan fingerprint density at radius 1 is 0.971 bits per heavy atom. The summed E-state index contributed by atoms with van der Waals surface area (Å²) < 4.78 is 5.40. The average Bonchev–Trinajstić information content (AvgIpc) is 3.27. The van der Waals surface area contributed by atoms with Crippen molar-refractivity contribution >= 4 is 30.3 Å². The predicted octanol–water partition coefficient (Wildman–Crippen LogP) is 0.488. The molecule has 4 amide bonds. The maximum atomic E-state index is 13.4. The molecule has 0 radical (unpaired) electrons. The predicted molar refractivity (Wildman–Crippen MR) is 128 cm³/mol. The fourth-order valence-electron chi connectivity index (χ4n) is 4.80. The maximum Gasteiger partial charge on any atom is 0.488 e. The van der Waals surface area contributed by atoms with Crippen molar-refractivity contribution in [2.24, 2.45) is 0 Å². The highest BCUT2D eigenvalue weighted by Crippen LogP contribution is 2.30. The van der Waals surface area contributed by atoms with E-state index in [1.54, 1.807) is 34.1 Å². The first-order chi connectivity index (χ1) is 16.5. The minimum atomic E-state index is -1.53. The molecule has 0 saturated carbocycles. The monoisotopic (exact) mass is 464 g/mol. The van der Waals surface area contributed by atoms with E-state index in [1.807, 2.05) is 28.0 Å². The minimum absolute atomic E-state index is 0.0127. The van der Waals surface area contributed by atoms with Crippen LogP contribution in [0.3, 0.4) is 0 Å². The van der Waals surface area contributed by atoms with Gasteiger partial charge in [0.1, 0.15) is 0 Å². The zero-order valence-electron chi connectivity index (χ0n) is 19.0. The van der Waals surface area contributed by atoms with Gasteiger partial charge in [0, 0.05) is 45.0 Å². The first kappa shape index (κ1) is 22.7. The molecule has 5 rings (SSSR count). The lowest BCUT2D eigenvalue weighted by Gasteiger charge is -2.47. The highest BCUT2D eigenvalue weighted by molar-refractivity contribution is 6.58. The number of fused-ring (bicyclic) bond motifs is 1. The summed E-state index contributed by atoms with van der Waals surface area (Å²) in [4.78, 5) is 33.8. The molecule has 178 valence electrons. The smallest absolute Gasteiger partial charge is 0.423 e. The number of hydrogen-bond acceptors (Lipinski definition) is 5. The van der Waals surface area contributed by atoms with Gasteiger partial charge in [-0.05, 0) is 29.1 Å². The molecular formula is C24H29BN4O5. The second-order valence-corrected chi connectivity index (χ2v) is 9.00. The Morgan fingerprint density at radius 2 is 1.68 bits per heavy atom. The number of anilines is 1. The Morgan fingerprint density at radius 3 is 2.38 bits per heavy atom. The van der Waals surface area contributed by atoms with Crippen LogP contribution in [0.4, 0.5) is 15.3 Å². The van der Waals surface area contributed by atoms with E-state index in [4.69, 9.17) is 4.74 Å². The van der Waals surface area contributed by atoms with Gasteiger partial charge in [0.2, 0.25) is 0 Å². The van der Waals surface area contributed by atoms with E-state index in [0.29, 0.717) is 57.9 Å². The molecule has 2 aromatic carbocycles. The van der Waals surface area contributed by atoms with Gasteiger partial charge in [0.05, 0.1) is 19.3 Å². The molecular weight excluding hydrogens is 435 g/mol. The van der Waals surface area contributed by atoms with Gasteiger partial charge in [-0.25, -0.2) is 9.59 Å². The molecule has 0 bridgehead atoms. The second kappa shape index (κ2) is 9.65. The third-order valence-electron chi connectivity index (χ3n) is 6.85. The number of para-hydroxylation sites is 1. The number of amides is 4. The molecule has 0 atom stereocenters. The van der Waals surface area contributed by atoms with Crippen LogP contribution in [0.5, 0.6) is 0 Å². The lowest BCUT2D eigenvalue weighted by atomic mass is 9.80. The highest BCUT2D eigenvalue weighted by Gasteiger charge is 2.41. The van der Waals surface area contributed by atoms with Gasteiger partial charge in [0.25, 0.3) is 0 Å². The molecule has 0 unspecified atom stereocenters. The van der Waals surface area contributed by atoms with E-state index in [9.17, 15) is 19.6 Å². The number of urea groups is 2. The van der Waals surface area contributed by atoms with Crippen LogP contribution in [0.15, 0.2) is 48.5 Å². The average molecular weight is 464 g/mol. The van der Waals surface area contributed by atoms with Crippen molar-refractivity contribution in [2.45, 2.75) is 19.0 Å². The van der Waals surface area contributed by atoms with Gasteiger partial charge in [0.15, 0.2) is 0 Å². The van der Waals surface area contributed by atoms with E-state index >= 15 is 0 Å². The molecule has 34 heavy (non-hydrogen) atoms. The summed E-state index contributed by atoms with van der Waals surface area (Å²) >= 11 is 0. The number of rotatable bonds is 4. The highest BCUT2D eigenvalue weighted by atomic mass is 16.5. The van der Waals surface area contributed by atoms with Crippen LogP contribution < -0.4 is 10.4 Å². The van der Waals surface area contributed by atoms with Crippen molar-refractivity contribution < 1.29 is 24.4 Å². The van der Waals surface area contributed by atoms with Crippen LogP contribution in [0, 0.1) is 0 Å². The molecule has 0 spiro atoms. The molecule has 2 aromatic rings. The number of hydrogen-bond donors (Lipinski definition) is 2. The van der Waals surface area contributed by atoms with Gasteiger partial charge in [-0.1, -0.05) is 42.5 Å². The molecule has 2 fully saturated rings. The standard InChI is InChI=1S/C24H29BN4O5/c30-23(26-11-13-34-14-12-26)29(15-18-5-7-20(8-6-18)25(32)33)21-16-27(17-21)24(31)28-10-9-19-3-1-2-4-22(19)28/h1-8,21,32-33H,9-17H2. The maximum absolute atomic E-state index is 13.4. The quantitative estimate of drug-likeness (QED) is 0.643. The number of nitrogens with zero attached hydrogens (tertiary/aromatic N) is 4. The Hall–Kier alpha value is -3.08. The third-order valence-corrected chi connectivity index (χ3v) is 6.85. The normalized spacial score (nSPS) is 17.9. The second-order valence-electron chi connectivity index (χ2n) is 9.00. The summed E-state index contributed by atoms with van der Waals surface area (Å²) in [5, 5.41) is 18.7. The van der Waals surface area contributed by atoms with Crippen LogP contribution in [-0.4, -0.2) is 95.9 Å². The largest absolute Gasteiger partial charge is 0.488 e. The lowest BCUT2D eigenvalue weighted by molar-refractivity contribution is 0.0220. The lowest BCUT2D eigenvalue weighted by Crippen LogP contribution is -2.65. The van der Waals surface area contributed by atoms with Crippen LogP contribution in [0.25, 0.3) is 0 Å². The molecule has 3 aliphatic heterocycles. The molecule has 9 nitrogen and oxygen atoms in total. The molecule has 10 heteroatoms. The topological polar surface area (TPSA) is 96.8 Å². The van der Waals surface area contributed by atoms with E-state index in [1.165, 1.54) is 5.56 Å². The number of likely N-dealkylation sites (tertiary alicyclic amines) is 1. The Kier molecular flexibility index (Phi) is 6.45. The van der Waals surface area contributed by atoms with E-state index < -0.39 is 7.12 Å². The van der Waals surface area contributed by atoms with Crippen LogP contribution >= 0.6 is 0 Å². The van der Waals surface area contributed by atoms with Crippen molar-refractivity contribution in [3.8, 4) is 0 Å². The molecule has 0 aromatic heterocycles. The fraction of sp³-hybridized carbons (Fsp3) is 0.417. The van der Waals surface area contributed by atoms with Crippen molar-refractivity contribution in [3.05, 3.63) is 59.7 Å². The van der Waals surface area contributed by atoms with Crippen LogP contribution in [0.2, 0.25) is 0 Å². The van der Waals surface area contributed by atoms with Crippen molar-refractivity contribution in [1.82, 2.24) is 14.7 Å².